The topological polar surface area (TPSA) is 89.7 Å². The van der Waals surface area contributed by atoms with E-state index in [0.717, 1.165) is 33.7 Å². The molecule has 0 spiro atoms. The summed E-state index contributed by atoms with van der Waals surface area (Å²) >= 11 is 0. The maximum absolute atomic E-state index is 13.4. The molecule has 0 radical (unpaired) electrons. The van der Waals surface area contributed by atoms with Gasteiger partial charge in [0.2, 0.25) is 5.82 Å². The van der Waals surface area contributed by atoms with Crippen molar-refractivity contribution < 1.29 is 18.8 Å². The Bertz CT molecular complexity index is 1410. The standard InChI is InChI=1S/C28H26N4O4/c1-18-24(27-30-26(31-36-27)20-10-5-4-6-11-20)25(21-12-8-14-23(16-21)35-3)29-28(33)32(18)17-19-9-7-13-22(15-19)34-2/h4-16,25H,17H2,1-3H3,(H,29,33). The van der Waals surface area contributed by atoms with Crippen molar-refractivity contribution in [2.45, 2.75) is 19.5 Å². The maximum Gasteiger partial charge on any atom is 0.322 e. The number of allylic oxidation sites excluding steroid dienone is 1. The quantitative estimate of drug-likeness (QED) is 0.377. The van der Waals surface area contributed by atoms with E-state index in [1.54, 1.807) is 19.1 Å². The van der Waals surface area contributed by atoms with Crippen LogP contribution in [0, 0.1) is 0 Å². The van der Waals surface area contributed by atoms with Crippen molar-refractivity contribution in [3.63, 3.8) is 0 Å². The first-order valence-electron chi connectivity index (χ1n) is 11.5. The van der Waals surface area contributed by atoms with Crippen LogP contribution in [0.25, 0.3) is 17.0 Å². The van der Waals surface area contributed by atoms with Crippen molar-refractivity contribution in [2.75, 3.05) is 14.2 Å². The number of nitrogens with zero attached hydrogens (tertiary/aromatic N) is 3. The summed E-state index contributed by atoms with van der Waals surface area (Å²) in [6.45, 7) is 2.25. The molecule has 4 aromatic rings. The van der Waals surface area contributed by atoms with Gasteiger partial charge in [-0.25, -0.2) is 4.79 Å². The predicted octanol–water partition coefficient (Wildman–Crippen LogP) is 5.45. The van der Waals surface area contributed by atoms with Gasteiger partial charge in [0.05, 0.1) is 32.4 Å². The lowest BCUT2D eigenvalue weighted by atomic mass is 9.94. The van der Waals surface area contributed by atoms with E-state index < -0.39 is 6.04 Å². The summed E-state index contributed by atoms with van der Waals surface area (Å²) in [4.78, 5) is 19.7. The number of benzene rings is 3. The number of urea groups is 1. The molecule has 1 unspecified atom stereocenters. The van der Waals surface area contributed by atoms with Crippen LogP contribution < -0.4 is 14.8 Å². The minimum Gasteiger partial charge on any atom is -0.497 e. The Morgan fingerprint density at radius 1 is 0.944 bits per heavy atom. The van der Waals surface area contributed by atoms with Gasteiger partial charge in [0.15, 0.2) is 0 Å². The average molecular weight is 483 g/mol. The maximum atomic E-state index is 13.4. The summed E-state index contributed by atoms with van der Waals surface area (Å²) in [6, 6.07) is 24.1. The number of hydrogen-bond donors (Lipinski definition) is 1. The molecule has 8 heteroatoms. The number of nitrogens with one attached hydrogen (secondary N) is 1. The van der Waals surface area contributed by atoms with E-state index in [1.807, 2.05) is 85.8 Å². The molecule has 0 aliphatic carbocycles. The van der Waals surface area contributed by atoms with Gasteiger partial charge in [-0.1, -0.05) is 59.8 Å². The second-order valence-corrected chi connectivity index (χ2v) is 8.39. The molecular weight excluding hydrogens is 456 g/mol. The van der Waals surface area contributed by atoms with Crippen LogP contribution in [0.1, 0.15) is 30.0 Å². The first kappa shape index (κ1) is 23.2. The highest BCUT2D eigenvalue weighted by molar-refractivity contribution is 5.87. The summed E-state index contributed by atoms with van der Waals surface area (Å²) in [7, 11) is 3.23. The third-order valence-electron chi connectivity index (χ3n) is 6.19. The first-order chi connectivity index (χ1) is 17.6. The van der Waals surface area contributed by atoms with Crippen molar-refractivity contribution in [1.29, 1.82) is 0 Å². The van der Waals surface area contributed by atoms with Crippen molar-refractivity contribution >= 4 is 11.6 Å². The van der Waals surface area contributed by atoms with Crippen LogP contribution in [-0.4, -0.2) is 35.3 Å². The fraction of sp³-hybridized carbons (Fsp3) is 0.179. The highest BCUT2D eigenvalue weighted by atomic mass is 16.5. The van der Waals surface area contributed by atoms with E-state index in [-0.39, 0.29) is 6.03 Å². The fourth-order valence-electron chi connectivity index (χ4n) is 4.31. The Morgan fingerprint density at radius 2 is 1.67 bits per heavy atom. The molecule has 5 rings (SSSR count). The molecule has 182 valence electrons. The van der Waals surface area contributed by atoms with Crippen LogP contribution in [-0.2, 0) is 6.54 Å². The van der Waals surface area contributed by atoms with Crippen molar-refractivity contribution in [2.24, 2.45) is 0 Å². The van der Waals surface area contributed by atoms with E-state index in [2.05, 4.69) is 10.5 Å². The molecule has 1 aliphatic rings. The van der Waals surface area contributed by atoms with E-state index in [0.29, 0.717) is 24.0 Å². The monoisotopic (exact) mass is 482 g/mol. The van der Waals surface area contributed by atoms with E-state index >= 15 is 0 Å². The Morgan fingerprint density at radius 3 is 2.42 bits per heavy atom. The third-order valence-corrected chi connectivity index (χ3v) is 6.19. The molecule has 1 atom stereocenters. The van der Waals surface area contributed by atoms with Gasteiger partial charge < -0.3 is 19.3 Å². The van der Waals surface area contributed by atoms with Crippen LogP contribution in [0.5, 0.6) is 11.5 Å². The number of ether oxygens (including phenoxy) is 2. The molecule has 3 aromatic carbocycles. The van der Waals surface area contributed by atoms with Gasteiger partial charge in [-0.2, -0.15) is 4.98 Å². The number of aromatic nitrogens is 2. The summed E-state index contributed by atoms with van der Waals surface area (Å²) < 4.78 is 16.5. The molecule has 1 aromatic heterocycles. The molecule has 0 fully saturated rings. The summed E-state index contributed by atoms with van der Waals surface area (Å²) in [5.74, 6) is 2.24. The number of hydrogen-bond acceptors (Lipinski definition) is 6. The molecule has 2 heterocycles. The smallest absolute Gasteiger partial charge is 0.322 e. The number of carbonyl (C=O) groups excluding carboxylic acids is 1. The lowest BCUT2D eigenvalue weighted by molar-refractivity contribution is 0.203. The van der Waals surface area contributed by atoms with Gasteiger partial charge in [-0.15, -0.1) is 0 Å². The molecule has 0 saturated heterocycles. The number of rotatable bonds is 7. The summed E-state index contributed by atoms with van der Waals surface area (Å²) in [6.07, 6.45) is 0. The van der Waals surface area contributed by atoms with E-state index in [4.69, 9.17) is 19.0 Å². The molecular formula is C28H26N4O4. The fourth-order valence-corrected chi connectivity index (χ4v) is 4.31. The molecule has 1 aliphatic heterocycles. The Labute approximate surface area is 209 Å². The van der Waals surface area contributed by atoms with Gasteiger partial charge in [0.25, 0.3) is 5.89 Å². The lowest BCUT2D eigenvalue weighted by Crippen LogP contribution is -2.45. The number of amides is 2. The Kier molecular flexibility index (Phi) is 6.40. The van der Waals surface area contributed by atoms with Gasteiger partial charge in [-0.05, 0) is 42.3 Å². The van der Waals surface area contributed by atoms with Crippen molar-refractivity contribution in [3.05, 3.63) is 102 Å². The molecule has 8 nitrogen and oxygen atoms in total. The van der Waals surface area contributed by atoms with E-state index in [9.17, 15) is 4.79 Å². The second-order valence-electron chi connectivity index (χ2n) is 8.39. The molecule has 0 saturated carbocycles. The van der Waals surface area contributed by atoms with E-state index in [1.165, 1.54) is 0 Å². The van der Waals surface area contributed by atoms with Gasteiger partial charge in [0, 0.05) is 11.3 Å². The number of methoxy groups -OCH3 is 2. The largest absolute Gasteiger partial charge is 0.497 e. The summed E-state index contributed by atoms with van der Waals surface area (Å²) in [5.41, 5.74) is 4.06. The zero-order valence-electron chi connectivity index (χ0n) is 20.3. The van der Waals surface area contributed by atoms with Crippen molar-refractivity contribution in [3.8, 4) is 22.9 Å². The van der Waals surface area contributed by atoms with Crippen LogP contribution >= 0.6 is 0 Å². The Hall–Kier alpha value is -4.59. The third kappa shape index (κ3) is 4.53. The molecule has 36 heavy (non-hydrogen) atoms. The van der Waals surface area contributed by atoms with Crippen LogP contribution in [0.2, 0.25) is 0 Å². The summed E-state index contributed by atoms with van der Waals surface area (Å²) in [5, 5.41) is 7.34. The SMILES string of the molecule is COc1cccc(CN2C(=O)NC(c3cccc(OC)c3)C(c3nc(-c4ccccc4)no3)=C2C)c1. The lowest BCUT2D eigenvalue weighted by Gasteiger charge is -2.35. The van der Waals surface area contributed by atoms with Crippen molar-refractivity contribution in [1.82, 2.24) is 20.4 Å². The van der Waals surface area contributed by atoms with Gasteiger partial charge >= 0.3 is 6.03 Å². The van der Waals surface area contributed by atoms with Crippen LogP contribution in [0.15, 0.2) is 89.1 Å². The van der Waals surface area contributed by atoms with Crippen LogP contribution in [0.3, 0.4) is 0 Å². The predicted molar refractivity (Wildman–Crippen MR) is 135 cm³/mol. The van der Waals surface area contributed by atoms with Gasteiger partial charge in [0.1, 0.15) is 11.5 Å². The molecule has 0 bridgehead atoms. The molecule has 2 amide bonds. The highest BCUT2D eigenvalue weighted by Gasteiger charge is 2.36. The first-order valence-corrected chi connectivity index (χ1v) is 11.5. The molecule has 1 N–H and O–H groups in total. The highest BCUT2D eigenvalue weighted by Crippen LogP contribution is 2.38. The Balaban J connectivity index is 1.60. The second kappa shape index (κ2) is 9.95. The average Bonchev–Trinajstić information content (AvgIpc) is 3.41. The normalized spacial score (nSPS) is 15.6. The number of carbonyl (C=O) groups is 1. The minimum atomic E-state index is -0.502. The minimum absolute atomic E-state index is 0.227. The van der Waals surface area contributed by atoms with Gasteiger partial charge in [-0.3, -0.25) is 4.90 Å². The van der Waals surface area contributed by atoms with Crippen LogP contribution in [0.4, 0.5) is 4.79 Å². The zero-order valence-corrected chi connectivity index (χ0v) is 20.3. The zero-order chi connectivity index (χ0) is 25.1.